The molecule has 2 aromatic carbocycles. The summed E-state index contributed by atoms with van der Waals surface area (Å²) in [6.45, 7) is 3.86. The highest BCUT2D eigenvalue weighted by Crippen LogP contribution is 2.30. The van der Waals surface area contributed by atoms with Gasteiger partial charge in [0.05, 0.1) is 18.9 Å². The number of likely N-dealkylation sites (tertiary alicyclic amines) is 1. The highest BCUT2D eigenvalue weighted by molar-refractivity contribution is 5.89. The molecule has 0 unspecified atom stereocenters. The molecular formula is C32H31N3O3. The molecule has 0 N–H and O–H groups in total. The lowest BCUT2D eigenvalue weighted by molar-refractivity contribution is 0.0600. The van der Waals surface area contributed by atoms with E-state index in [9.17, 15) is 4.79 Å². The van der Waals surface area contributed by atoms with Gasteiger partial charge in [-0.15, -0.1) is 0 Å². The fraction of sp³-hybridized carbons (Fsp3) is 0.250. The van der Waals surface area contributed by atoms with Gasteiger partial charge in [-0.05, 0) is 84.9 Å². The number of pyridine rings is 1. The van der Waals surface area contributed by atoms with Crippen LogP contribution in [0.2, 0.25) is 0 Å². The Hall–Kier alpha value is -4.16. The van der Waals surface area contributed by atoms with Gasteiger partial charge in [-0.1, -0.05) is 36.4 Å². The number of carbonyl (C=O) groups excluding carboxylic acids is 1. The lowest BCUT2D eigenvalue weighted by Gasteiger charge is -2.32. The molecule has 1 aliphatic heterocycles. The Morgan fingerprint density at radius 3 is 2.42 bits per heavy atom. The molecule has 0 saturated carbocycles. The predicted molar refractivity (Wildman–Crippen MR) is 148 cm³/mol. The van der Waals surface area contributed by atoms with E-state index in [1.807, 2.05) is 24.3 Å². The molecule has 5 aromatic rings. The number of methoxy groups -OCH3 is 1. The number of carbonyl (C=O) groups is 1. The van der Waals surface area contributed by atoms with Crippen molar-refractivity contribution in [3.05, 3.63) is 114 Å². The average Bonchev–Trinajstić information content (AvgIpc) is 3.64. The number of furan rings is 1. The summed E-state index contributed by atoms with van der Waals surface area (Å²) in [4.78, 5) is 19.1. The fourth-order valence-electron chi connectivity index (χ4n) is 5.41. The van der Waals surface area contributed by atoms with E-state index in [4.69, 9.17) is 14.1 Å². The predicted octanol–water partition coefficient (Wildman–Crippen LogP) is 6.51. The molecule has 0 bridgehead atoms. The normalized spacial score (nSPS) is 14.7. The average molecular weight is 506 g/mol. The van der Waals surface area contributed by atoms with Crippen molar-refractivity contribution in [3.63, 3.8) is 0 Å². The molecule has 1 aliphatic rings. The van der Waals surface area contributed by atoms with Gasteiger partial charge in [0.25, 0.3) is 0 Å². The summed E-state index contributed by atoms with van der Waals surface area (Å²) in [6, 6.07) is 24.6. The zero-order valence-corrected chi connectivity index (χ0v) is 21.5. The first-order valence-corrected chi connectivity index (χ1v) is 13.1. The lowest BCUT2D eigenvalue weighted by atomic mass is 9.90. The number of esters is 1. The molecule has 0 spiro atoms. The van der Waals surface area contributed by atoms with Crippen molar-refractivity contribution in [1.82, 2.24) is 14.5 Å². The number of ether oxygens (including phenoxy) is 1. The minimum Gasteiger partial charge on any atom is -0.465 e. The summed E-state index contributed by atoms with van der Waals surface area (Å²) in [5.74, 6) is 1.13. The molecule has 6 heteroatoms. The molecule has 6 nitrogen and oxygen atoms in total. The minimum absolute atomic E-state index is 0.317. The van der Waals surface area contributed by atoms with Crippen molar-refractivity contribution in [2.75, 3.05) is 20.2 Å². The first-order chi connectivity index (χ1) is 18.7. The number of nitrogens with zero attached hydrogens (tertiary/aromatic N) is 3. The third-order valence-corrected chi connectivity index (χ3v) is 7.58. The monoisotopic (exact) mass is 505 g/mol. The van der Waals surface area contributed by atoms with Crippen LogP contribution in [-0.2, 0) is 17.8 Å². The zero-order chi connectivity index (χ0) is 25.9. The summed E-state index contributed by atoms with van der Waals surface area (Å²) >= 11 is 0. The first kappa shape index (κ1) is 24.2. The molecular weight excluding hydrogens is 474 g/mol. The molecule has 4 heterocycles. The highest BCUT2D eigenvalue weighted by atomic mass is 16.5. The van der Waals surface area contributed by atoms with E-state index in [2.05, 4.69) is 58.3 Å². The van der Waals surface area contributed by atoms with Gasteiger partial charge in [-0.25, -0.2) is 9.78 Å². The summed E-state index contributed by atoms with van der Waals surface area (Å²) in [5, 5.41) is 1.17. The molecule has 0 aliphatic carbocycles. The van der Waals surface area contributed by atoms with Crippen molar-refractivity contribution in [3.8, 4) is 11.3 Å². The fourth-order valence-corrected chi connectivity index (χ4v) is 5.41. The maximum absolute atomic E-state index is 11.7. The van der Waals surface area contributed by atoms with Gasteiger partial charge in [-0.2, -0.15) is 0 Å². The molecule has 38 heavy (non-hydrogen) atoms. The summed E-state index contributed by atoms with van der Waals surface area (Å²) in [7, 11) is 1.40. The van der Waals surface area contributed by atoms with E-state index in [0.717, 1.165) is 55.0 Å². The molecule has 0 atom stereocenters. The van der Waals surface area contributed by atoms with Gasteiger partial charge >= 0.3 is 5.97 Å². The number of fused-ring (bicyclic) bond motifs is 1. The molecule has 6 rings (SSSR count). The van der Waals surface area contributed by atoms with Crippen LogP contribution in [0.15, 0.2) is 95.9 Å². The van der Waals surface area contributed by atoms with Crippen molar-refractivity contribution >= 4 is 17.0 Å². The Kier molecular flexibility index (Phi) is 6.80. The van der Waals surface area contributed by atoms with Crippen LogP contribution in [-0.4, -0.2) is 40.6 Å². The molecule has 0 radical (unpaired) electrons. The topological polar surface area (TPSA) is 60.5 Å². The van der Waals surface area contributed by atoms with E-state index < -0.39 is 0 Å². The Balaban J connectivity index is 1.06. The Morgan fingerprint density at radius 1 is 0.974 bits per heavy atom. The first-order valence-electron chi connectivity index (χ1n) is 13.1. The third kappa shape index (κ3) is 5.13. The molecule has 0 amide bonds. The second-order valence-corrected chi connectivity index (χ2v) is 10.0. The number of hydrogen-bond donors (Lipinski definition) is 0. The molecule has 3 aromatic heterocycles. The van der Waals surface area contributed by atoms with Crippen molar-refractivity contribution in [2.24, 2.45) is 0 Å². The third-order valence-electron chi connectivity index (χ3n) is 7.58. The van der Waals surface area contributed by atoms with Gasteiger partial charge < -0.3 is 13.7 Å². The Labute approximate surface area is 222 Å². The van der Waals surface area contributed by atoms with Crippen LogP contribution in [0.4, 0.5) is 0 Å². The number of piperidine rings is 1. The van der Waals surface area contributed by atoms with Crippen LogP contribution in [0.1, 0.15) is 45.8 Å². The second-order valence-electron chi connectivity index (χ2n) is 10.0. The quantitative estimate of drug-likeness (QED) is 0.236. The van der Waals surface area contributed by atoms with Gasteiger partial charge in [-0.3, -0.25) is 4.90 Å². The van der Waals surface area contributed by atoms with E-state index >= 15 is 0 Å². The van der Waals surface area contributed by atoms with Crippen molar-refractivity contribution in [1.29, 1.82) is 0 Å². The second kappa shape index (κ2) is 10.7. The largest absolute Gasteiger partial charge is 0.465 e. The van der Waals surface area contributed by atoms with Gasteiger partial charge in [0.15, 0.2) is 0 Å². The maximum Gasteiger partial charge on any atom is 0.337 e. The van der Waals surface area contributed by atoms with Crippen LogP contribution in [0.25, 0.3) is 22.4 Å². The summed E-state index contributed by atoms with van der Waals surface area (Å²) < 4.78 is 12.4. The van der Waals surface area contributed by atoms with Crippen LogP contribution in [0.5, 0.6) is 0 Å². The van der Waals surface area contributed by atoms with E-state index in [0.29, 0.717) is 18.0 Å². The van der Waals surface area contributed by atoms with Crippen molar-refractivity contribution in [2.45, 2.75) is 31.8 Å². The SMILES string of the molecule is COC(=O)c1ccc(Cn2ccc3cc(C4CCN(Cc5ccc(-c6ccco6)cc5)CC4)cnc32)cc1. The van der Waals surface area contributed by atoms with Crippen LogP contribution < -0.4 is 0 Å². The van der Waals surface area contributed by atoms with Gasteiger partial charge in [0, 0.05) is 36.4 Å². The number of benzene rings is 2. The van der Waals surface area contributed by atoms with Crippen LogP contribution in [0.3, 0.4) is 0 Å². The molecule has 1 fully saturated rings. The highest BCUT2D eigenvalue weighted by Gasteiger charge is 2.21. The standard InChI is InChI=1S/C32H31N3O3/c1-37-32(36)27-10-6-24(7-11-27)22-35-17-14-28-19-29(20-33-31(28)35)25-12-15-34(16-13-25)21-23-4-8-26(9-5-23)30-3-2-18-38-30/h2-11,14,17-20,25H,12-13,15-16,21-22H2,1H3. The summed E-state index contributed by atoms with van der Waals surface area (Å²) in [6.07, 6.45) is 8.16. The van der Waals surface area contributed by atoms with Crippen molar-refractivity contribution < 1.29 is 13.9 Å². The minimum atomic E-state index is -0.317. The molecule has 1 saturated heterocycles. The Bertz CT molecular complexity index is 1510. The van der Waals surface area contributed by atoms with E-state index in [-0.39, 0.29) is 5.97 Å². The molecule has 192 valence electrons. The summed E-state index contributed by atoms with van der Waals surface area (Å²) in [5.41, 5.74) is 6.45. The van der Waals surface area contributed by atoms with E-state index in [1.54, 1.807) is 18.4 Å². The van der Waals surface area contributed by atoms with Gasteiger partial charge in [0.2, 0.25) is 0 Å². The lowest BCUT2D eigenvalue weighted by Crippen LogP contribution is -2.32. The number of rotatable bonds is 7. The zero-order valence-electron chi connectivity index (χ0n) is 21.5. The number of aromatic nitrogens is 2. The van der Waals surface area contributed by atoms with Gasteiger partial charge in [0.1, 0.15) is 11.4 Å². The Morgan fingerprint density at radius 2 is 1.71 bits per heavy atom. The smallest absolute Gasteiger partial charge is 0.337 e. The number of hydrogen-bond acceptors (Lipinski definition) is 5. The van der Waals surface area contributed by atoms with Crippen LogP contribution in [0, 0.1) is 0 Å². The maximum atomic E-state index is 11.7. The van der Waals surface area contributed by atoms with E-state index in [1.165, 1.54) is 23.6 Å². The van der Waals surface area contributed by atoms with Crippen LogP contribution >= 0.6 is 0 Å².